The van der Waals surface area contributed by atoms with E-state index in [2.05, 4.69) is 17.9 Å². The Bertz CT molecular complexity index is 382. The molecular weight excluding hydrogens is 200 g/mol. The molecule has 0 aromatic heterocycles. The highest BCUT2D eigenvalue weighted by Crippen LogP contribution is 2.20. The predicted octanol–water partition coefficient (Wildman–Crippen LogP) is 2.29. The van der Waals surface area contributed by atoms with Gasteiger partial charge in [0.05, 0.1) is 17.9 Å². The first kappa shape index (κ1) is 12.5. The van der Waals surface area contributed by atoms with Gasteiger partial charge in [-0.15, -0.1) is 0 Å². The fraction of sp³-hybridized carbons (Fsp3) is 0.462. The zero-order valence-corrected chi connectivity index (χ0v) is 9.90. The number of rotatable bonds is 5. The summed E-state index contributed by atoms with van der Waals surface area (Å²) in [5.74, 6) is 0. The zero-order chi connectivity index (χ0) is 12.0. The van der Waals surface area contributed by atoms with Crippen molar-refractivity contribution in [2.24, 2.45) is 0 Å². The van der Waals surface area contributed by atoms with Crippen LogP contribution < -0.4 is 4.90 Å². The molecule has 0 atom stereocenters. The van der Waals surface area contributed by atoms with Crippen LogP contribution in [0.15, 0.2) is 18.2 Å². The highest BCUT2D eigenvalue weighted by atomic mass is 16.3. The Morgan fingerprint density at radius 3 is 2.75 bits per heavy atom. The Morgan fingerprint density at radius 1 is 1.44 bits per heavy atom. The van der Waals surface area contributed by atoms with Gasteiger partial charge in [0.25, 0.3) is 0 Å². The topological polar surface area (TPSA) is 47.3 Å². The zero-order valence-electron chi connectivity index (χ0n) is 9.90. The lowest BCUT2D eigenvalue weighted by Gasteiger charge is -2.20. The normalized spacial score (nSPS) is 9.88. The highest BCUT2D eigenvalue weighted by Gasteiger charge is 2.07. The third-order valence-corrected chi connectivity index (χ3v) is 2.62. The number of aliphatic hydroxyl groups is 1. The van der Waals surface area contributed by atoms with Gasteiger partial charge in [0.15, 0.2) is 0 Å². The molecule has 0 aliphatic rings. The monoisotopic (exact) mass is 218 g/mol. The molecule has 0 bridgehead atoms. The quantitative estimate of drug-likeness (QED) is 0.824. The van der Waals surface area contributed by atoms with E-state index < -0.39 is 0 Å². The van der Waals surface area contributed by atoms with Crippen LogP contribution in [0.1, 0.15) is 30.9 Å². The largest absolute Gasteiger partial charge is 0.392 e. The van der Waals surface area contributed by atoms with Crippen LogP contribution in [-0.2, 0) is 6.61 Å². The molecule has 0 unspecified atom stereocenters. The first-order valence-electron chi connectivity index (χ1n) is 5.58. The van der Waals surface area contributed by atoms with E-state index in [1.807, 2.05) is 19.2 Å². The van der Waals surface area contributed by atoms with Gasteiger partial charge in [0, 0.05) is 13.6 Å². The van der Waals surface area contributed by atoms with Crippen LogP contribution >= 0.6 is 0 Å². The second kappa shape index (κ2) is 6.14. The Hall–Kier alpha value is -1.53. The summed E-state index contributed by atoms with van der Waals surface area (Å²) in [6.45, 7) is 3.07. The van der Waals surface area contributed by atoms with Crippen molar-refractivity contribution in [3.05, 3.63) is 29.3 Å². The summed E-state index contributed by atoms with van der Waals surface area (Å²) in [7, 11) is 1.99. The van der Waals surface area contributed by atoms with Crippen LogP contribution in [-0.4, -0.2) is 18.7 Å². The molecule has 1 aromatic rings. The van der Waals surface area contributed by atoms with E-state index in [0.29, 0.717) is 5.56 Å². The minimum atomic E-state index is -0.0202. The standard InChI is InChI=1S/C13H18N2O/c1-3-4-7-15(2)13-6-5-11(10-16)8-12(13)9-14/h5-6,8,16H,3-4,7,10H2,1-2H3. The molecule has 0 saturated heterocycles. The molecule has 0 aliphatic carbocycles. The van der Waals surface area contributed by atoms with E-state index in [0.717, 1.165) is 30.6 Å². The summed E-state index contributed by atoms with van der Waals surface area (Å²) in [6, 6.07) is 7.68. The molecule has 0 saturated carbocycles. The summed E-state index contributed by atoms with van der Waals surface area (Å²) in [5.41, 5.74) is 2.35. The van der Waals surface area contributed by atoms with Crippen molar-refractivity contribution in [2.45, 2.75) is 26.4 Å². The Morgan fingerprint density at radius 2 is 2.19 bits per heavy atom. The predicted molar refractivity (Wildman–Crippen MR) is 65.3 cm³/mol. The molecule has 86 valence electrons. The van der Waals surface area contributed by atoms with Crippen LogP contribution in [0.4, 0.5) is 5.69 Å². The molecule has 16 heavy (non-hydrogen) atoms. The summed E-state index contributed by atoms with van der Waals surface area (Å²) >= 11 is 0. The third kappa shape index (κ3) is 2.98. The van der Waals surface area contributed by atoms with Crippen molar-refractivity contribution < 1.29 is 5.11 Å². The van der Waals surface area contributed by atoms with Crippen LogP contribution in [0, 0.1) is 11.3 Å². The molecule has 0 radical (unpaired) electrons. The Kier molecular flexibility index (Phi) is 4.81. The maximum absolute atomic E-state index is 9.05. The van der Waals surface area contributed by atoms with Gasteiger partial charge in [-0.05, 0) is 24.1 Å². The SMILES string of the molecule is CCCCN(C)c1ccc(CO)cc1C#N. The van der Waals surface area contributed by atoms with Crippen molar-refractivity contribution in [3.63, 3.8) is 0 Å². The van der Waals surface area contributed by atoms with Crippen molar-refractivity contribution in [1.29, 1.82) is 5.26 Å². The number of anilines is 1. The number of unbranched alkanes of at least 4 members (excludes halogenated alkanes) is 1. The van der Waals surface area contributed by atoms with Crippen molar-refractivity contribution in [3.8, 4) is 6.07 Å². The maximum Gasteiger partial charge on any atom is 0.101 e. The number of hydrogen-bond donors (Lipinski definition) is 1. The maximum atomic E-state index is 9.05. The summed E-state index contributed by atoms with van der Waals surface area (Å²) in [5, 5.41) is 18.1. The second-order valence-corrected chi connectivity index (χ2v) is 3.90. The van der Waals surface area contributed by atoms with Gasteiger partial charge in [0.1, 0.15) is 6.07 Å². The molecule has 0 amide bonds. The van der Waals surface area contributed by atoms with E-state index in [1.165, 1.54) is 0 Å². The lowest BCUT2D eigenvalue weighted by molar-refractivity contribution is 0.282. The second-order valence-electron chi connectivity index (χ2n) is 3.90. The summed E-state index contributed by atoms with van der Waals surface area (Å²) in [4.78, 5) is 2.09. The molecule has 0 fully saturated rings. The molecule has 3 nitrogen and oxygen atoms in total. The highest BCUT2D eigenvalue weighted by molar-refractivity contribution is 5.60. The minimum Gasteiger partial charge on any atom is -0.392 e. The van der Waals surface area contributed by atoms with Gasteiger partial charge >= 0.3 is 0 Å². The minimum absolute atomic E-state index is 0.0202. The Balaban J connectivity index is 2.91. The van der Waals surface area contributed by atoms with E-state index in [-0.39, 0.29) is 6.61 Å². The van der Waals surface area contributed by atoms with E-state index >= 15 is 0 Å². The van der Waals surface area contributed by atoms with E-state index in [9.17, 15) is 0 Å². The fourth-order valence-electron chi connectivity index (χ4n) is 1.62. The average molecular weight is 218 g/mol. The van der Waals surface area contributed by atoms with Crippen LogP contribution in [0.2, 0.25) is 0 Å². The van der Waals surface area contributed by atoms with Gasteiger partial charge in [-0.2, -0.15) is 5.26 Å². The number of benzene rings is 1. The number of nitriles is 1. The first-order chi connectivity index (χ1) is 7.72. The molecule has 0 heterocycles. The first-order valence-corrected chi connectivity index (χ1v) is 5.58. The third-order valence-electron chi connectivity index (χ3n) is 2.62. The number of aliphatic hydroxyl groups excluding tert-OH is 1. The van der Waals surface area contributed by atoms with Crippen molar-refractivity contribution in [1.82, 2.24) is 0 Å². The van der Waals surface area contributed by atoms with Crippen LogP contribution in [0.25, 0.3) is 0 Å². The van der Waals surface area contributed by atoms with E-state index in [4.69, 9.17) is 10.4 Å². The lowest BCUT2D eigenvalue weighted by Crippen LogP contribution is -2.19. The molecule has 1 N–H and O–H groups in total. The number of hydrogen-bond acceptors (Lipinski definition) is 3. The van der Waals surface area contributed by atoms with Crippen molar-refractivity contribution in [2.75, 3.05) is 18.5 Å². The van der Waals surface area contributed by atoms with Crippen LogP contribution in [0.5, 0.6) is 0 Å². The fourth-order valence-corrected chi connectivity index (χ4v) is 1.62. The molecule has 0 aliphatic heterocycles. The smallest absolute Gasteiger partial charge is 0.101 e. The summed E-state index contributed by atoms with van der Waals surface area (Å²) < 4.78 is 0. The van der Waals surface area contributed by atoms with Gasteiger partial charge in [0.2, 0.25) is 0 Å². The van der Waals surface area contributed by atoms with Crippen molar-refractivity contribution >= 4 is 5.69 Å². The van der Waals surface area contributed by atoms with Gasteiger partial charge in [-0.1, -0.05) is 19.4 Å². The molecular formula is C13H18N2O. The number of nitrogens with zero attached hydrogens (tertiary/aromatic N) is 2. The van der Waals surface area contributed by atoms with Gasteiger partial charge < -0.3 is 10.0 Å². The average Bonchev–Trinajstić information content (AvgIpc) is 2.34. The molecule has 1 rings (SSSR count). The van der Waals surface area contributed by atoms with Gasteiger partial charge in [-0.25, -0.2) is 0 Å². The lowest BCUT2D eigenvalue weighted by atomic mass is 10.1. The summed E-state index contributed by atoms with van der Waals surface area (Å²) in [6.07, 6.45) is 2.25. The molecule has 1 aromatic carbocycles. The Labute approximate surface area is 96.9 Å². The molecule has 0 spiro atoms. The molecule has 3 heteroatoms. The van der Waals surface area contributed by atoms with Crippen LogP contribution in [0.3, 0.4) is 0 Å². The van der Waals surface area contributed by atoms with Gasteiger partial charge in [-0.3, -0.25) is 0 Å². The van der Waals surface area contributed by atoms with E-state index in [1.54, 1.807) is 6.07 Å².